The van der Waals surface area contributed by atoms with E-state index in [4.69, 9.17) is 9.84 Å². The van der Waals surface area contributed by atoms with Crippen molar-refractivity contribution in [3.05, 3.63) is 29.3 Å². The lowest BCUT2D eigenvalue weighted by molar-refractivity contribution is -0.137. The molecule has 1 heterocycles. The van der Waals surface area contributed by atoms with Gasteiger partial charge in [0.15, 0.2) is 0 Å². The van der Waals surface area contributed by atoms with Crippen LogP contribution in [-0.4, -0.2) is 41.6 Å². The zero-order valence-electron chi connectivity index (χ0n) is 11.2. The van der Waals surface area contributed by atoms with Crippen LogP contribution in [-0.2, 0) is 11.2 Å². The number of carboxylic acid groups (broad SMARTS) is 1. The number of carbonyl (C=O) groups excluding carboxylic acids is 1. The highest BCUT2D eigenvalue weighted by Crippen LogP contribution is 2.31. The minimum absolute atomic E-state index is 0.200. The number of hydrogen-bond donors (Lipinski definition) is 1. The molecule has 0 aromatic heterocycles. The second kappa shape index (κ2) is 5.15. The predicted molar refractivity (Wildman–Crippen MR) is 71.9 cm³/mol. The number of amides is 1. The Morgan fingerprint density at radius 2 is 2.15 bits per heavy atom. The first kappa shape index (κ1) is 13.0. The number of fused-ring (bicyclic) bond motifs is 1. The van der Waals surface area contributed by atoms with Crippen LogP contribution in [0.3, 0.4) is 0 Å². The number of ether oxygens (including phenoxy) is 1. The summed E-state index contributed by atoms with van der Waals surface area (Å²) < 4.78 is 5.41. The maximum atomic E-state index is 12.5. The molecule has 1 aliphatic carbocycles. The fraction of sp³-hybridized carbons (Fsp3) is 0.467. The van der Waals surface area contributed by atoms with Crippen molar-refractivity contribution >= 4 is 11.9 Å². The fourth-order valence-electron chi connectivity index (χ4n) is 2.50. The molecule has 0 atom stereocenters. The average Bonchev–Trinajstić information content (AvgIpc) is 3.11. The van der Waals surface area contributed by atoms with Gasteiger partial charge in [-0.25, -0.2) is 0 Å². The maximum Gasteiger partial charge on any atom is 0.323 e. The third-order valence-electron chi connectivity index (χ3n) is 3.73. The summed E-state index contributed by atoms with van der Waals surface area (Å²) in [5.74, 6) is 0.127. The summed E-state index contributed by atoms with van der Waals surface area (Å²) in [5, 5.41) is 8.95. The van der Waals surface area contributed by atoms with Crippen LogP contribution >= 0.6 is 0 Å². The number of carboxylic acids is 1. The van der Waals surface area contributed by atoms with Gasteiger partial charge in [0.2, 0.25) is 0 Å². The third-order valence-corrected chi connectivity index (χ3v) is 3.73. The van der Waals surface area contributed by atoms with Gasteiger partial charge in [-0.3, -0.25) is 9.59 Å². The van der Waals surface area contributed by atoms with Gasteiger partial charge in [0.25, 0.3) is 5.91 Å². The van der Waals surface area contributed by atoms with Crippen molar-refractivity contribution in [2.45, 2.75) is 19.3 Å². The molecule has 3 rings (SSSR count). The average molecular weight is 275 g/mol. The zero-order valence-corrected chi connectivity index (χ0v) is 11.2. The zero-order chi connectivity index (χ0) is 14.1. The van der Waals surface area contributed by atoms with Crippen LogP contribution in [0.4, 0.5) is 0 Å². The van der Waals surface area contributed by atoms with Crippen molar-refractivity contribution in [1.82, 2.24) is 4.90 Å². The summed E-state index contributed by atoms with van der Waals surface area (Å²) in [6.45, 7) is 0.954. The molecule has 0 spiro atoms. The van der Waals surface area contributed by atoms with E-state index < -0.39 is 5.97 Å². The van der Waals surface area contributed by atoms with E-state index in [1.54, 1.807) is 12.1 Å². The van der Waals surface area contributed by atoms with Crippen molar-refractivity contribution in [2.24, 2.45) is 5.92 Å². The molecule has 1 saturated carbocycles. The van der Waals surface area contributed by atoms with Crippen LogP contribution in [0.5, 0.6) is 5.75 Å². The summed E-state index contributed by atoms with van der Waals surface area (Å²) in [4.78, 5) is 24.8. The van der Waals surface area contributed by atoms with Gasteiger partial charge in [-0.2, -0.15) is 0 Å². The van der Waals surface area contributed by atoms with Crippen molar-refractivity contribution < 1.29 is 19.4 Å². The number of carbonyl (C=O) groups is 2. The Kier molecular flexibility index (Phi) is 3.34. The lowest BCUT2D eigenvalue weighted by Gasteiger charge is -2.20. The molecule has 2 aliphatic rings. The molecular formula is C15H17NO4. The number of rotatable bonds is 5. The normalized spacial score (nSPS) is 16.4. The Labute approximate surface area is 117 Å². The monoisotopic (exact) mass is 275 g/mol. The molecule has 106 valence electrons. The second-order valence-electron chi connectivity index (χ2n) is 5.44. The predicted octanol–water partition coefficient (Wildman–Crippen LogP) is 1.56. The van der Waals surface area contributed by atoms with Gasteiger partial charge in [0.05, 0.1) is 6.61 Å². The first-order chi connectivity index (χ1) is 9.63. The van der Waals surface area contributed by atoms with Crippen LogP contribution in [0.2, 0.25) is 0 Å². The van der Waals surface area contributed by atoms with Gasteiger partial charge < -0.3 is 14.7 Å². The molecule has 0 bridgehead atoms. The summed E-state index contributed by atoms with van der Waals surface area (Å²) in [6.07, 6.45) is 2.97. The molecule has 1 aromatic rings. The number of aliphatic carboxylic acids is 1. The largest absolute Gasteiger partial charge is 0.493 e. The standard InChI is InChI=1S/C15H17NO4/c17-14(18)9-16(8-10-1-2-10)15(19)12-3-4-13-11(7-12)5-6-20-13/h3-4,7,10H,1-2,5-6,8-9H2,(H,17,18). The number of nitrogens with zero attached hydrogens (tertiary/aromatic N) is 1. The van der Waals surface area contributed by atoms with E-state index in [0.29, 0.717) is 24.6 Å². The minimum Gasteiger partial charge on any atom is -0.493 e. The third kappa shape index (κ3) is 2.76. The molecule has 1 amide bonds. The van der Waals surface area contributed by atoms with Crippen LogP contribution < -0.4 is 4.74 Å². The van der Waals surface area contributed by atoms with E-state index in [2.05, 4.69) is 0 Å². The SMILES string of the molecule is O=C(O)CN(CC1CC1)C(=O)c1ccc2c(c1)CCO2. The Bertz CT molecular complexity index is 551. The fourth-order valence-corrected chi connectivity index (χ4v) is 2.50. The lowest BCUT2D eigenvalue weighted by Crippen LogP contribution is -2.37. The van der Waals surface area contributed by atoms with Crippen molar-refractivity contribution in [2.75, 3.05) is 19.7 Å². The number of hydrogen-bond acceptors (Lipinski definition) is 3. The Morgan fingerprint density at radius 3 is 2.85 bits per heavy atom. The summed E-state index contributed by atoms with van der Waals surface area (Å²) in [7, 11) is 0. The molecular weight excluding hydrogens is 258 g/mol. The van der Waals surface area contributed by atoms with Gasteiger partial charge in [0.1, 0.15) is 12.3 Å². The van der Waals surface area contributed by atoms with E-state index in [1.807, 2.05) is 6.07 Å². The Balaban J connectivity index is 1.78. The van der Waals surface area contributed by atoms with E-state index in [-0.39, 0.29) is 12.5 Å². The number of benzene rings is 1. The molecule has 5 nitrogen and oxygen atoms in total. The van der Waals surface area contributed by atoms with E-state index >= 15 is 0 Å². The van der Waals surface area contributed by atoms with Gasteiger partial charge in [0, 0.05) is 18.5 Å². The highest BCUT2D eigenvalue weighted by molar-refractivity contribution is 5.96. The minimum atomic E-state index is -0.969. The van der Waals surface area contributed by atoms with Crippen LogP contribution in [0, 0.1) is 5.92 Å². The summed E-state index contributed by atoms with van der Waals surface area (Å²) in [5.41, 5.74) is 1.58. The molecule has 1 aromatic carbocycles. The van der Waals surface area contributed by atoms with Gasteiger partial charge in [-0.15, -0.1) is 0 Å². The molecule has 0 unspecified atom stereocenters. The molecule has 0 saturated heterocycles. The van der Waals surface area contributed by atoms with E-state index in [1.165, 1.54) is 4.90 Å². The lowest BCUT2D eigenvalue weighted by atomic mass is 10.1. The molecule has 5 heteroatoms. The first-order valence-corrected chi connectivity index (χ1v) is 6.90. The Hall–Kier alpha value is -2.04. The van der Waals surface area contributed by atoms with Crippen molar-refractivity contribution in [1.29, 1.82) is 0 Å². The van der Waals surface area contributed by atoms with Gasteiger partial charge in [-0.1, -0.05) is 0 Å². The Morgan fingerprint density at radius 1 is 1.35 bits per heavy atom. The highest BCUT2D eigenvalue weighted by atomic mass is 16.5. The molecule has 1 aliphatic heterocycles. The topological polar surface area (TPSA) is 66.8 Å². The van der Waals surface area contributed by atoms with Crippen molar-refractivity contribution in [3.8, 4) is 5.75 Å². The van der Waals surface area contributed by atoms with Crippen LogP contribution in [0.15, 0.2) is 18.2 Å². The smallest absolute Gasteiger partial charge is 0.323 e. The molecule has 20 heavy (non-hydrogen) atoms. The van der Waals surface area contributed by atoms with E-state index in [9.17, 15) is 9.59 Å². The summed E-state index contributed by atoms with van der Waals surface area (Å²) >= 11 is 0. The molecule has 1 N–H and O–H groups in total. The highest BCUT2D eigenvalue weighted by Gasteiger charge is 2.29. The first-order valence-electron chi connectivity index (χ1n) is 6.90. The van der Waals surface area contributed by atoms with Crippen molar-refractivity contribution in [3.63, 3.8) is 0 Å². The van der Waals surface area contributed by atoms with Crippen LogP contribution in [0.1, 0.15) is 28.8 Å². The molecule has 0 radical (unpaired) electrons. The van der Waals surface area contributed by atoms with Gasteiger partial charge in [-0.05, 0) is 42.5 Å². The maximum absolute atomic E-state index is 12.5. The molecule has 1 fully saturated rings. The van der Waals surface area contributed by atoms with Gasteiger partial charge >= 0.3 is 5.97 Å². The summed E-state index contributed by atoms with van der Waals surface area (Å²) in [6, 6.07) is 5.34. The second-order valence-corrected chi connectivity index (χ2v) is 5.44. The quantitative estimate of drug-likeness (QED) is 0.885. The van der Waals surface area contributed by atoms with Crippen LogP contribution in [0.25, 0.3) is 0 Å². The van der Waals surface area contributed by atoms with E-state index in [0.717, 1.165) is 30.6 Å².